The van der Waals surface area contributed by atoms with Gasteiger partial charge in [-0.3, -0.25) is 15.0 Å². The quantitative estimate of drug-likeness (QED) is 0.413. The molecule has 0 aliphatic carbocycles. The number of H-pyrrole nitrogens is 1. The van der Waals surface area contributed by atoms with E-state index in [9.17, 15) is 0 Å². The van der Waals surface area contributed by atoms with Crippen molar-refractivity contribution in [2.45, 2.75) is 64.6 Å². The average Bonchev–Trinajstić information content (AvgIpc) is 3.20. The summed E-state index contributed by atoms with van der Waals surface area (Å²) in [5.41, 5.74) is 1.94. The molecule has 3 aromatic rings. The largest absolute Gasteiger partial charge is 0.367 e. The Morgan fingerprint density at radius 1 is 1.09 bits per heavy atom. The molecule has 3 aromatic heterocycles. The SMILES string of the molecule is CCC1CC(Nc2nc(Nc3cc(C)[nH]n3)cc3ncccc23)CC(CC)N1CC1CNC1. The van der Waals surface area contributed by atoms with Crippen molar-refractivity contribution in [2.75, 3.05) is 30.3 Å². The van der Waals surface area contributed by atoms with Crippen molar-refractivity contribution in [3.8, 4) is 0 Å². The number of rotatable bonds is 8. The van der Waals surface area contributed by atoms with E-state index in [1.807, 2.05) is 31.3 Å². The number of pyridine rings is 2. The molecule has 176 valence electrons. The molecule has 33 heavy (non-hydrogen) atoms. The van der Waals surface area contributed by atoms with Gasteiger partial charge in [-0.1, -0.05) is 13.8 Å². The average molecular weight is 449 g/mol. The minimum Gasteiger partial charge on any atom is -0.367 e. The lowest BCUT2D eigenvalue weighted by atomic mass is 9.86. The molecule has 0 spiro atoms. The van der Waals surface area contributed by atoms with Gasteiger partial charge in [0.25, 0.3) is 0 Å². The molecule has 2 unspecified atom stereocenters. The first-order valence-corrected chi connectivity index (χ1v) is 12.4. The number of fused-ring (bicyclic) bond motifs is 1. The number of nitrogens with zero attached hydrogens (tertiary/aromatic N) is 4. The van der Waals surface area contributed by atoms with Gasteiger partial charge in [-0.15, -0.1) is 0 Å². The van der Waals surface area contributed by atoms with Crippen LogP contribution < -0.4 is 16.0 Å². The molecule has 4 N–H and O–H groups in total. The van der Waals surface area contributed by atoms with E-state index in [1.54, 1.807) is 0 Å². The van der Waals surface area contributed by atoms with Crippen LogP contribution in [0.2, 0.25) is 0 Å². The van der Waals surface area contributed by atoms with Crippen LogP contribution >= 0.6 is 0 Å². The van der Waals surface area contributed by atoms with Gasteiger partial charge in [0.2, 0.25) is 0 Å². The summed E-state index contributed by atoms with van der Waals surface area (Å²) in [5.74, 6) is 3.23. The highest BCUT2D eigenvalue weighted by Gasteiger charge is 2.36. The lowest BCUT2D eigenvalue weighted by Crippen LogP contribution is -2.57. The Bertz CT molecular complexity index is 1060. The van der Waals surface area contributed by atoms with Crippen LogP contribution in [-0.2, 0) is 0 Å². The Morgan fingerprint density at radius 3 is 2.52 bits per heavy atom. The molecule has 2 saturated heterocycles. The molecule has 0 saturated carbocycles. The number of aromatic amines is 1. The maximum Gasteiger partial charge on any atom is 0.153 e. The number of hydrogen-bond donors (Lipinski definition) is 4. The monoisotopic (exact) mass is 448 g/mol. The van der Waals surface area contributed by atoms with Crippen LogP contribution in [0, 0.1) is 12.8 Å². The fourth-order valence-electron chi connectivity index (χ4n) is 5.37. The lowest BCUT2D eigenvalue weighted by Gasteiger charge is -2.48. The predicted octanol–water partition coefficient (Wildman–Crippen LogP) is 4.06. The van der Waals surface area contributed by atoms with Gasteiger partial charge in [-0.05, 0) is 50.7 Å². The molecule has 0 amide bonds. The first-order chi connectivity index (χ1) is 16.1. The molecule has 8 nitrogen and oxygen atoms in total. The maximum absolute atomic E-state index is 4.95. The van der Waals surface area contributed by atoms with Gasteiger partial charge < -0.3 is 16.0 Å². The molecule has 2 fully saturated rings. The molecular formula is C25H36N8. The zero-order valence-corrected chi connectivity index (χ0v) is 19.9. The van der Waals surface area contributed by atoms with Crippen LogP contribution in [0.1, 0.15) is 45.2 Å². The van der Waals surface area contributed by atoms with Crippen LogP contribution in [0.15, 0.2) is 30.5 Å². The highest BCUT2D eigenvalue weighted by Crippen LogP contribution is 2.32. The van der Waals surface area contributed by atoms with Gasteiger partial charge in [0.15, 0.2) is 5.82 Å². The summed E-state index contributed by atoms with van der Waals surface area (Å²) in [5, 5.41) is 18.9. The van der Waals surface area contributed by atoms with E-state index in [-0.39, 0.29) is 0 Å². The molecule has 8 heteroatoms. The van der Waals surface area contributed by atoms with Crippen molar-refractivity contribution in [1.82, 2.24) is 30.4 Å². The van der Waals surface area contributed by atoms with Gasteiger partial charge >= 0.3 is 0 Å². The predicted molar refractivity (Wildman–Crippen MR) is 134 cm³/mol. The van der Waals surface area contributed by atoms with Crippen molar-refractivity contribution >= 4 is 28.4 Å². The summed E-state index contributed by atoms with van der Waals surface area (Å²) in [6.45, 7) is 10.2. The fourth-order valence-corrected chi connectivity index (χ4v) is 5.37. The molecule has 0 bridgehead atoms. The van der Waals surface area contributed by atoms with Crippen molar-refractivity contribution in [3.05, 3.63) is 36.2 Å². The summed E-state index contributed by atoms with van der Waals surface area (Å²) in [6, 6.07) is 9.67. The molecule has 2 aliphatic rings. The van der Waals surface area contributed by atoms with Crippen LogP contribution in [0.5, 0.6) is 0 Å². The first-order valence-electron chi connectivity index (χ1n) is 12.4. The normalized spacial score (nSPS) is 24.0. The van der Waals surface area contributed by atoms with Gasteiger partial charge in [-0.25, -0.2) is 4.98 Å². The minimum atomic E-state index is 0.398. The zero-order valence-electron chi connectivity index (χ0n) is 19.9. The topological polar surface area (TPSA) is 93.8 Å². The Labute approximate surface area is 196 Å². The molecule has 0 radical (unpaired) electrons. The van der Waals surface area contributed by atoms with Crippen molar-refractivity contribution in [3.63, 3.8) is 0 Å². The Morgan fingerprint density at radius 2 is 1.88 bits per heavy atom. The van der Waals surface area contributed by atoms with E-state index in [0.29, 0.717) is 18.1 Å². The second-order valence-electron chi connectivity index (χ2n) is 9.65. The summed E-state index contributed by atoms with van der Waals surface area (Å²) in [4.78, 5) is 12.4. The van der Waals surface area contributed by atoms with Gasteiger partial charge in [0, 0.05) is 67.2 Å². The smallest absolute Gasteiger partial charge is 0.153 e. The molecule has 2 atom stereocenters. The molecule has 5 heterocycles. The van der Waals surface area contributed by atoms with Gasteiger partial charge in [0.1, 0.15) is 11.6 Å². The number of nitrogens with one attached hydrogen (secondary N) is 4. The van der Waals surface area contributed by atoms with E-state index < -0.39 is 0 Å². The number of piperidine rings is 1. The van der Waals surface area contributed by atoms with E-state index in [4.69, 9.17) is 4.98 Å². The van der Waals surface area contributed by atoms with Crippen LogP contribution in [-0.4, -0.2) is 62.8 Å². The lowest BCUT2D eigenvalue weighted by molar-refractivity contribution is 0.0456. The third-order valence-electron chi connectivity index (χ3n) is 7.23. The maximum atomic E-state index is 4.95. The molecule has 5 rings (SSSR count). The van der Waals surface area contributed by atoms with Crippen LogP contribution in [0.3, 0.4) is 0 Å². The number of likely N-dealkylation sites (tertiary alicyclic amines) is 1. The number of aryl methyl sites for hydroxylation is 1. The summed E-state index contributed by atoms with van der Waals surface area (Å²) in [7, 11) is 0. The van der Waals surface area contributed by atoms with Crippen molar-refractivity contribution in [1.29, 1.82) is 0 Å². The third-order valence-corrected chi connectivity index (χ3v) is 7.23. The molecule has 0 aromatic carbocycles. The standard InChI is InChI=1S/C25H36N8/c1-4-19-10-18(11-20(5-2)33(19)15-17-13-26-14-17)28-25-21-7-6-8-27-22(21)12-23(30-25)29-24-9-16(3)31-32-24/h6-9,12,17-20,26H,4-5,10-11,13-15H2,1-3H3,(H3,28,29,30,31,32). The highest BCUT2D eigenvalue weighted by molar-refractivity contribution is 5.91. The molecular weight excluding hydrogens is 412 g/mol. The number of hydrogen-bond acceptors (Lipinski definition) is 7. The summed E-state index contributed by atoms with van der Waals surface area (Å²) < 4.78 is 0. The zero-order chi connectivity index (χ0) is 22.8. The van der Waals surface area contributed by atoms with E-state index >= 15 is 0 Å². The fraction of sp³-hybridized carbons (Fsp3) is 0.560. The third kappa shape index (κ3) is 4.82. The Balaban J connectivity index is 1.38. The molecule has 2 aliphatic heterocycles. The number of aromatic nitrogens is 4. The van der Waals surface area contributed by atoms with Crippen LogP contribution in [0.25, 0.3) is 10.9 Å². The first kappa shape index (κ1) is 22.1. The highest BCUT2D eigenvalue weighted by atomic mass is 15.2. The van der Waals surface area contributed by atoms with Crippen molar-refractivity contribution < 1.29 is 0 Å². The second-order valence-corrected chi connectivity index (χ2v) is 9.65. The minimum absolute atomic E-state index is 0.398. The van der Waals surface area contributed by atoms with Gasteiger partial charge in [-0.2, -0.15) is 5.10 Å². The second kappa shape index (κ2) is 9.65. The van der Waals surface area contributed by atoms with E-state index in [0.717, 1.165) is 52.8 Å². The van der Waals surface area contributed by atoms with E-state index in [1.165, 1.54) is 32.5 Å². The Hall–Kier alpha value is -2.71. The van der Waals surface area contributed by atoms with Crippen molar-refractivity contribution in [2.24, 2.45) is 5.92 Å². The van der Waals surface area contributed by atoms with Gasteiger partial charge in [0.05, 0.1) is 5.52 Å². The van der Waals surface area contributed by atoms with E-state index in [2.05, 4.69) is 55.9 Å². The number of anilines is 3. The van der Waals surface area contributed by atoms with Crippen LogP contribution in [0.4, 0.5) is 17.5 Å². The Kier molecular flexibility index (Phi) is 6.46. The summed E-state index contributed by atoms with van der Waals surface area (Å²) >= 11 is 0. The summed E-state index contributed by atoms with van der Waals surface area (Å²) in [6.07, 6.45) is 6.50.